The summed E-state index contributed by atoms with van der Waals surface area (Å²) >= 11 is 7.75. The van der Waals surface area contributed by atoms with E-state index in [2.05, 4.69) is 10.3 Å². The van der Waals surface area contributed by atoms with Gasteiger partial charge in [0.25, 0.3) is 5.91 Å². The number of nitrogens with one attached hydrogen (secondary N) is 1. The second-order valence-electron chi connectivity index (χ2n) is 6.19. The van der Waals surface area contributed by atoms with Gasteiger partial charge in [0.1, 0.15) is 16.5 Å². The molecule has 0 fully saturated rings. The summed E-state index contributed by atoms with van der Waals surface area (Å²) < 4.78 is 11.7. The second kappa shape index (κ2) is 8.51. The van der Waals surface area contributed by atoms with Crippen LogP contribution in [-0.4, -0.2) is 24.6 Å². The predicted octanol–water partition coefficient (Wildman–Crippen LogP) is 5.64. The summed E-state index contributed by atoms with van der Waals surface area (Å²) in [5.74, 6) is 1.04. The minimum absolute atomic E-state index is 0.117. The van der Waals surface area contributed by atoms with Crippen molar-refractivity contribution in [2.45, 2.75) is 0 Å². The molecule has 0 unspecified atom stereocenters. The van der Waals surface area contributed by atoms with Gasteiger partial charge in [-0.2, -0.15) is 0 Å². The standard InChI is InChI=1S/C22H17ClN2O3S/c1-27-15-7-9-16(10-8-15)28-13-21(26)24-18-11-6-14(23)12-17(18)22-25-19-4-2-3-5-20(19)29-22/h2-12H,13H2,1H3,(H,24,26). The predicted molar refractivity (Wildman–Crippen MR) is 117 cm³/mol. The second-order valence-corrected chi connectivity index (χ2v) is 7.66. The number of anilines is 1. The summed E-state index contributed by atoms with van der Waals surface area (Å²) in [6.45, 7) is -0.117. The van der Waals surface area contributed by atoms with Crippen molar-refractivity contribution in [2.75, 3.05) is 19.0 Å². The van der Waals surface area contributed by atoms with Crippen LogP contribution in [0.2, 0.25) is 5.02 Å². The van der Waals surface area contributed by atoms with Gasteiger partial charge in [-0.3, -0.25) is 4.79 Å². The number of thiazole rings is 1. The summed E-state index contributed by atoms with van der Waals surface area (Å²) in [6, 6.07) is 20.3. The SMILES string of the molecule is COc1ccc(OCC(=O)Nc2ccc(Cl)cc2-c2nc3ccccc3s2)cc1. The van der Waals surface area contributed by atoms with Gasteiger partial charge in [-0.15, -0.1) is 11.3 Å². The number of benzene rings is 3. The van der Waals surface area contributed by atoms with Crippen LogP contribution in [0.4, 0.5) is 5.69 Å². The lowest BCUT2D eigenvalue weighted by molar-refractivity contribution is -0.118. The highest BCUT2D eigenvalue weighted by atomic mass is 35.5. The molecular formula is C22H17ClN2O3S. The summed E-state index contributed by atoms with van der Waals surface area (Å²) in [4.78, 5) is 17.1. The molecule has 4 rings (SSSR count). The summed E-state index contributed by atoms with van der Waals surface area (Å²) in [7, 11) is 1.60. The molecule has 0 aliphatic carbocycles. The summed E-state index contributed by atoms with van der Waals surface area (Å²) in [5.41, 5.74) is 2.32. The van der Waals surface area contributed by atoms with Crippen LogP contribution < -0.4 is 14.8 Å². The Morgan fingerprint density at radius 1 is 1.07 bits per heavy atom. The molecule has 4 aromatic rings. The molecule has 1 heterocycles. The van der Waals surface area contributed by atoms with Crippen LogP contribution >= 0.6 is 22.9 Å². The van der Waals surface area contributed by atoms with Crippen LogP contribution in [0.15, 0.2) is 66.7 Å². The third-order valence-electron chi connectivity index (χ3n) is 4.21. The van der Waals surface area contributed by atoms with Crippen molar-refractivity contribution in [3.8, 4) is 22.1 Å². The number of ether oxygens (including phenoxy) is 2. The third-order valence-corrected chi connectivity index (χ3v) is 5.51. The van der Waals surface area contributed by atoms with Crippen LogP contribution in [-0.2, 0) is 4.79 Å². The number of carbonyl (C=O) groups excluding carboxylic acids is 1. The number of nitrogens with zero attached hydrogens (tertiary/aromatic N) is 1. The van der Waals surface area contributed by atoms with E-state index in [9.17, 15) is 4.79 Å². The zero-order valence-corrected chi connectivity index (χ0v) is 17.1. The molecule has 1 amide bonds. The normalized spacial score (nSPS) is 10.7. The van der Waals surface area contributed by atoms with E-state index in [1.165, 1.54) is 0 Å². The lowest BCUT2D eigenvalue weighted by Gasteiger charge is -2.11. The van der Waals surface area contributed by atoms with Gasteiger partial charge < -0.3 is 14.8 Å². The maximum Gasteiger partial charge on any atom is 0.262 e. The first kappa shape index (κ1) is 19.2. The van der Waals surface area contributed by atoms with Gasteiger partial charge in [-0.25, -0.2) is 4.98 Å². The molecule has 7 heteroatoms. The molecule has 1 aromatic heterocycles. The highest BCUT2D eigenvalue weighted by molar-refractivity contribution is 7.21. The zero-order valence-electron chi connectivity index (χ0n) is 15.5. The van der Waals surface area contributed by atoms with Crippen molar-refractivity contribution in [1.29, 1.82) is 0 Å². The lowest BCUT2D eigenvalue weighted by Crippen LogP contribution is -2.20. The molecule has 0 spiro atoms. The molecule has 29 heavy (non-hydrogen) atoms. The van der Waals surface area contributed by atoms with Gasteiger partial charge in [0.2, 0.25) is 0 Å². The maximum atomic E-state index is 12.4. The van der Waals surface area contributed by atoms with Crippen molar-refractivity contribution in [1.82, 2.24) is 4.98 Å². The van der Waals surface area contributed by atoms with Crippen LogP contribution in [0, 0.1) is 0 Å². The zero-order chi connectivity index (χ0) is 20.2. The Morgan fingerprint density at radius 2 is 1.83 bits per heavy atom. The number of halogens is 1. The fourth-order valence-electron chi connectivity index (χ4n) is 2.80. The lowest BCUT2D eigenvalue weighted by atomic mass is 10.2. The van der Waals surface area contributed by atoms with Gasteiger partial charge in [0, 0.05) is 10.6 Å². The maximum absolute atomic E-state index is 12.4. The average molecular weight is 425 g/mol. The van der Waals surface area contributed by atoms with Gasteiger partial charge >= 0.3 is 0 Å². The summed E-state index contributed by atoms with van der Waals surface area (Å²) in [6.07, 6.45) is 0. The Kier molecular flexibility index (Phi) is 5.64. The quantitative estimate of drug-likeness (QED) is 0.435. The Labute approximate surface area is 176 Å². The summed E-state index contributed by atoms with van der Waals surface area (Å²) in [5, 5.41) is 4.26. The molecule has 5 nitrogen and oxygen atoms in total. The number of fused-ring (bicyclic) bond motifs is 1. The Bertz CT molecular complexity index is 1130. The molecule has 1 N–H and O–H groups in total. The molecule has 0 atom stereocenters. The largest absolute Gasteiger partial charge is 0.497 e. The van der Waals surface area contributed by atoms with Crippen molar-refractivity contribution < 1.29 is 14.3 Å². The van der Waals surface area contributed by atoms with Crippen LogP contribution in [0.25, 0.3) is 20.8 Å². The number of para-hydroxylation sites is 1. The highest BCUT2D eigenvalue weighted by Crippen LogP contribution is 2.36. The van der Waals surface area contributed by atoms with Crippen molar-refractivity contribution in [3.05, 3.63) is 71.8 Å². The van der Waals surface area contributed by atoms with Crippen molar-refractivity contribution in [2.24, 2.45) is 0 Å². The number of aromatic nitrogens is 1. The molecule has 0 saturated heterocycles. The smallest absolute Gasteiger partial charge is 0.262 e. The van der Waals surface area contributed by atoms with Gasteiger partial charge in [-0.1, -0.05) is 23.7 Å². The van der Waals surface area contributed by atoms with Gasteiger partial charge in [0.15, 0.2) is 6.61 Å². The van der Waals surface area contributed by atoms with Crippen LogP contribution in [0.5, 0.6) is 11.5 Å². The fourth-order valence-corrected chi connectivity index (χ4v) is 3.97. The molecule has 0 bridgehead atoms. The molecule has 146 valence electrons. The number of carbonyl (C=O) groups is 1. The number of rotatable bonds is 6. The highest BCUT2D eigenvalue weighted by Gasteiger charge is 2.14. The van der Waals surface area contributed by atoms with Gasteiger partial charge in [0.05, 0.1) is 23.0 Å². The number of amides is 1. The topological polar surface area (TPSA) is 60.5 Å². The Hall–Kier alpha value is -3.09. The van der Waals surface area contributed by atoms with Crippen LogP contribution in [0.1, 0.15) is 0 Å². The van der Waals surface area contributed by atoms with E-state index in [1.807, 2.05) is 24.3 Å². The third kappa shape index (κ3) is 4.50. The molecule has 0 aliphatic heterocycles. The van der Waals surface area contributed by atoms with E-state index in [0.29, 0.717) is 16.5 Å². The first-order valence-corrected chi connectivity index (χ1v) is 10.0. The van der Waals surface area contributed by atoms with E-state index in [1.54, 1.807) is 60.9 Å². The first-order valence-electron chi connectivity index (χ1n) is 8.84. The fraction of sp³-hybridized carbons (Fsp3) is 0.0909. The van der Waals surface area contributed by atoms with Gasteiger partial charge in [-0.05, 0) is 54.6 Å². The minimum atomic E-state index is -0.273. The number of hydrogen-bond donors (Lipinski definition) is 1. The van der Waals surface area contributed by atoms with Crippen molar-refractivity contribution in [3.63, 3.8) is 0 Å². The van der Waals surface area contributed by atoms with Crippen molar-refractivity contribution >= 4 is 44.7 Å². The Balaban J connectivity index is 1.51. The molecule has 0 saturated carbocycles. The van der Waals surface area contributed by atoms with E-state index in [4.69, 9.17) is 21.1 Å². The molecule has 0 aliphatic rings. The molecule has 0 radical (unpaired) electrons. The first-order chi connectivity index (χ1) is 14.1. The van der Waals surface area contributed by atoms with E-state index < -0.39 is 0 Å². The molecule has 3 aromatic carbocycles. The average Bonchev–Trinajstić information content (AvgIpc) is 3.18. The Morgan fingerprint density at radius 3 is 2.59 bits per heavy atom. The van der Waals surface area contributed by atoms with Crippen LogP contribution in [0.3, 0.4) is 0 Å². The minimum Gasteiger partial charge on any atom is -0.497 e. The molecular weight excluding hydrogens is 408 g/mol. The number of hydrogen-bond acceptors (Lipinski definition) is 5. The van der Waals surface area contributed by atoms with E-state index >= 15 is 0 Å². The number of methoxy groups -OCH3 is 1. The van der Waals surface area contributed by atoms with E-state index in [-0.39, 0.29) is 12.5 Å². The van der Waals surface area contributed by atoms with E-state index in [0.717, 1.165) is 26.5 Å². The monoisotopic (exact) mass is 424 g/mol.